The van der Waals surface area contributed by atoms with Crippen LogP contribution in [0.1, 0.15) is 13.3 Å². The number of nitrogens with two attached hydrogens (primary N) is 2. The largest absolute Gasteiger partial charge is 0.379 e. The molecule has 2 saturated heterocycles. The van der Waals surface area contributed by atoms with Gasteiger partial charge in [-0.1, -0.05) is 0 Å². The van der Waals surface area contributed by atoms with Gasteiger partial charge in [0.1, 0.15) is 5.54 Å². The fourth-order valence-electron chi connectivity index (χ4n) is 2.74. The van der Waals surface area contributed by atoms with Crippen LogP contribution in [-0.2, 0) is 9.53 Å². The molecule has 104 valence electrons. The molecule has 6 nitrogen and oxygen atoms in total. The lowest BCUT2D eigenvalue weighted by molar-refractivity contribution is -0.123. The van der Waals surface area contributed by atoms with Crippen molar-refractivity contribution in [2.45, 2.75) is 24.9 Å². The quantitative estimate of drug-likeness (QED) is 0.646. The highest BCUT2D eigenvalue weighted by molar-refractivity contribution is 5.84. The Bertz CT molecular complexity index is 302. The highest BCUT2D eigenvalue weighted by Crippen LogP contribution is 2.18. The number of nitrogens with zero attached hydrogens (tertiary/aromatic N) is 2. The highest BCUT2D eigenvalue weighted by atomic mass is 16.5. The molecule has 2 heterocycles. The summed E-state index contributed by atoms with van der Waals surface area (Å²) in [7, 11) is 0. The first-order chi connectivity index (χ1) is 8.49. The Balaban J connectivity index is 1.82. The Hall–Kier alpha value is -0.690. The van der Waals surface area contributed by atoms with Crippen molar-refractivity contribution in [3.8, 4) is 0 Å². The molecule has 0 aliphatic carbocycles. The first-order valence-electron chi connectivity index (χ1n) is 6.62. The smallest absolute Gasteiger partial charge is 0.238 e. The van der Waals surface area contributed by atoms with Crippen LogP contribution in [0.3, 0.4) is 0 Å². The van der Waals surface area contributed by atoms with Crippen LogP contribution < -0.4 is 11.5 Å². The molecule has 18 heavy (non-hydrogen) atoms. The van der Waals surface area contributed by atoms with Gasteiger partial charge < -0.3 is 16.2 Å². The minimum atomic E-state index is -0.931. The monoisotopic (exact) mass is 256 g/mol. The lowest BCUT2D eigenvalue weighted by Crippen LogP contribution is -2.56. The maximum atomic E-state index is 11.2. The molecular weight excluding hydrogens is 232 g/mol. The summed E-state index contributed by atoms with van der Waals surface area (Å²) in [6.07, 6.45) is 1.13. The molecule has 2 aliphatic rings. The molecule has 0 saturated carbocycles. The van der Waals surface area contributed by atoms with Gasteiger partial charge in [-0.25, -0.2) is 0 Å². The maximum Gasteiger partial charge on any atom is 0.238 e. The number of amides is 1. The minimum absolute atomic E-state index is 0.433. The molecule has 0 aromatic carbocycles. The summed E-state index contributed by atoms with van der Waals surface area (Å²) in [4.78, 5) is 16.0. The number of hydrogen-bond acceptors (Lipinski definition) is 5. The SMILES string of the molecule is CC(N)(CN1CCC(N2CCOCC2)C1)C(N)=O. The molecule has 0 aromatic rings. The van der Waals surface area contributed by atoms with Crippen LogP contribution in [-0.4, -0.2) is 73.2 Å². The molecule has 4 N–H and O–H groups in total. The number of primary amides is 1. The van der Waals surface area contributed by atoms with Gasteiger partial charge in [0, 0.05) is 32.2 Å². The minimum Gasteiger partial charge on any atom is -0.379 e. The number of hydrogen-bond donors (Lipinski definition) is 2. The van der Waals surface area contributed by atoms with Crippen LogP contribution in [0.25, 0.3) is 0 Å². The first kappa shape index (κ1) is 13.7. The van der Waals surface area contributed by atoms with E-state index in [0.717, 1.165) is 45.8 Å². The van der Waals surface area contributed by atoms with Gasteiger partial charge in [0.15, 0.2) is 0 Å². The Morgan fingerprint density at radius 3 is 2.67 bits per heavy atom. The number of carbonyl (C=O) groups is 1. The van der Waals surface area contributed by atoms with Gasteiger partial charge >= 0.3 is 0 Å². The second-order valence-electron chi connectivity index (χ2n) is 5.61. The van der Waals surface area contributed by atoms with E-state index in [9.17, 15) is 4.79 Å². The second kappa shape index (κ2) is 5.52. The first-order valence-corrected chi connectivity index (χ1v) is 6.62. The van der Waals surface area contributed by atoms with Crippen molar-refractivity contribution < 1.29 is 9.53 Å². The van der Waals surface area contributed by atoms with E-state index in [1.54, 1.807) is 6.92 Å². The Morgan fingerprint density at radius 1 is 1.39 bits per heavy atom. The molecule has 2 rings (SSSR count). The van der Waals surface area contributed by atoms with Gasteiger partial charge in [-0.15, -0.1) is 0 Å². The van der Waals surface area contributed by atoms with Crippen molar-refractivity contribution in [3.63, 3.8) is 0 Å². The Kier molecular flexibility index (Phi) is 4.21. The zero-order chi connectivity index (χ0) is 13.2. The van der Waals surface area contributed by atoms with Gasteiger partial charge in [-0.3, -0.25) is 14.6 Å². The summed E-state index contributed by atoms with van der Waals surface area (Å²) in [6, 6.07) is 0.567. The van der Waals surface area contributed by atoms with E-state index in [1.165, 1.54) is 0 Å². The van der Waals surface area contributed by atoms with Crippen molar-refractivity contribution in [2.24, 2.45) is 11.5 Å². The van der Waals surface area contributed by atoms with Crippen LogP contribution in [0.2, 0.25) is 0 Å². The molecule has 0 aromatic heterocycles. The molecule has 1 amide bonds. The summed E-state index contributed by atoms with van der Waals surface area (Å²) in [6.45, 7) is 7.88. The molecule has 0 radical (unpaired) electrons. The van der Waals surface area contributed by atoms with E-state index in [4.69, 9.17) is 16.2 Å². The molecule has 0 spiro atoms. The molecule has 0 bridgehead atoms. The summed E-state index contributed by atoms with van der Waals surface area (Å²) in [5.74, 6) is -0.433. The number of morpholine rings is 1. The molecule has 2 aliphatic heterocycles. The topological polar surface area (TPSA) is 84.8 Å². The fourth-order valence-corrected chi connectivity index (χ4v) is 2.74. The van der Waals surface area contributed by atoms with Gasteiger partial charge in [0.05, 0.1) is 13.2 Å². The van der Waals surface area contributed by atoms with Gasteiger partial charge in [0.25, 0.3) is 0 Å². The highest BCUT2D eigenvalue weighted by Gasteiger charge is 2.34. The molecular formula is C12H24N4O2. The average Bonchev–Trinajstić information content (AvgIpc) is 2.78. The summed E-state index contributed by atoms with van der Waals surface area (Å²) >= 11 is 0. The molecule has 2 atom stereocenters. The fraction of sp³-hybridized carbons (Fsp3) is 0.917. The zero-order valence-corrected chi connectivity index (χ0v) is 11.1. The van der Waals surface area contributed by atoms with Crippen LogP contribution in [0.15, 0.2) is 0 Å². The maximum absolute atomic E-state index is 11.2. The van der Waals surface area contributed by atoms with Crippen LogP contribution >= 0.6 is 0 Å². The van der Waals surface area contributed by atoms with Gasteiger partial charge in [-0.05, 0) is 19.9 Å². The van der Waals surface area contributed by atoms with Crippen LogP contribution in [0.5, 0.6) is 0 Å². The molecule has 2 fully saturated rings. The van der Waals surface area contributed by atoms with Crippen molar-refractivity contribution >= 4 is 5.91 Å². The number of ether oxygens (including phenoxy) is 1. The van der Waals surface area contributed by atoms with Crippen molar-refractivity contribution in [1.82, 2.24) is 9.80 Å². The van der Waals surface area contributed by atoms with Crippen molar-refractivity contribution in [1.29, 1.82) is 0 Å². The third kappa shape index (κ3) is 3.20. The average molecular weight is 256 g/mol. The lowest BCUT2D eigenvalue weighted by atomic mass is 10.0. The summed E-state index contributed by atoms with van der Waals surface area (Å²) < 4.78 is 5.36. The summed E-state index contributed by atoms with van der Waals surface area (Å²) in [5.41, 5.74) is 10.3. The van der Waals surface area contributed by atoms with E-state index >= 15 is 0 Å². The van der Waals surface area contributed by atoms with E-state index in [-0.39, 0.29) is 0 Å². The third-order valence-corrected chi connectivity index (χ3v) is 3.92. The summed E-state index contributed by atoms with van der Waals surface area (Å²) in [5, 5.41) is 0. The predicted octanol–water partition coefficient (Wildman–Crippen LogP) is -1.40. The molecule has 2 unspecified atom stereocenters. The Labute approximate surface area is 108 Å². The number of carbonyl (C=O) groups excluding carboxylic acids is 1. The molecule has 6 heteroatoms. The van der Waals surface area contributed by atoms with Gasteiger partial charge in [0.2, 0.25) is 5.91 Å². The Morgan fingerprint density at radius 2 is 2.06 bits per heavy atom. The zero-order valence-electron chi connectivity index (χ0n) is 11.1. The predicted molar refractivity (Wildman–Crippen MR) is 69.0 cm³/mol. The number of rotatable bonds is 4. The van der Waals surface area contributed by atoms with E-state index in [1.807, 2.05) is 0 Å². The van der Waals surface area contributed by atoms with Crippen LogP contribution in [0, 0.1) is 0 Å². The normalized spacial score (nSPS) is 30.2. The van der Waals surface area contributed by atoms with E-state index in [2.05, 4.69) is 9.80 Å². The standard InChI is InChI=1S/C12H24N4O2/c1-12(14,11(13)17)9-15-3-2-10(8-15)16-4-6-18-7-5-16/h10H,2-9,14H2,1H3,(H2,13,17). The van der Waals surface area contributed by atoms with E-state index < -0.39 is 11.4 Å². The van der Waals surface area contributed by atoms with E-state index in [0.29, 0.717) is 12.6 Å². The van der Waals surface area contributed by atoms with Crippen LogP contribution in [0.4, 0.5) is 0 Å². The van der Waals surface area contributed by atoms with Crippen molar-refractivity contribution in [3.05, 3.63) is 0 Å². The van der Waals surface area contributed by atoms with Gasteiger partial charge in [-0.2, -0.15) is 0 Å². The lowest BCUT2D eigenvalue weighted by Gasteiger charge is -2.33. The van der Waals surface area contributed by atoms with Crippen molar-refractivity contribution in [2.75, 3.05) is 45.9 Å². The second-order valence-corrected chi connectivity index (χ2v) is 5.61. The third-order valence-electron chi connectivity index (χ3n) is 3.92. The number of likely N-dealkylation sites (tertiary alicyclic amines) is 1.